The number of carbonyl (C=O) groups is 1. The van der Waals surface area contributed by atoms with Gasteiger partial charge in [0.05, 0.1) is 0 Å². The van der Waals surface area contributed by atoms with Gasteiger partial charge in [0.15, 0.2) is 0 Å². The third-order valence-corrected chi connectivity index (χ3v) is 4.46. The second-order valence-corrected chi connectivity index (χ2v) is 5.29. The van der Waals surface area contributed by atoms with Crippen LogP contribution in [-0.4, -0.2) is 38.4 Å². The molecule has 0 atom stereocenters. The van der Waals surface area contributed by atoms with Crippen LogP contribution in [0, 0.1) is 0 Å². The van der Waals surface area contributed by atoms with Crippen LogP contribution in [0.15, 0.2) is 24.3 Å². The fraction of sp³-hybridized carbons (Fsp3) is 0. The van der Waals surface area contributed by atoms with Crippen molar-refractivity contribution in [3.05, 3.63) is 29.8 Å². The molecule has 1 aromatic carbocycles. The molecular weight excluding hydrogens is 274 g/mol. The quantitative estimate of drug-likeness (QED) is 0.744. The van der Waals surface area contributed by atoms with Crippen molar-refractivity contribution in [2.75, 3.05) is 0 Å². The summed E-state index contributed by atoms with van der Waals surface area (Å²) < 4.78 is 1.09. The zero-order chi connectivity index (χ0) is 8.27. The Labute approximate surface area is 77.5 Å². The Morgan fingerprint density at radius 2 is 2.27 bits per heavy atom. The minimum absolute atomic E-state index is 0.318. The summed E-state index contributed by atoms with van der Waals surface area (Å²) in [5.74, 6) is -0.858. The molecule has 0 spiro atoms. The molecular formula is C7H6O2Se2. The number of hydrogen-bond donors (Lipinski definition) is 1. The van der Waals surface area contributed by atoms with E-state index in [9.17, 15) is 4.79 Å². The predicted octanol–water partition coefficient (Wildman–Crippen LogP) is -0.470. The fourth-order valence-electron chi connectivity index (χ4n) is 0.686. The molecule has 0 unspecified atom stereocenters. The first-order valence-corrected chi connectivity index (χ1v) is 8.49. The molecule has 1 rings (SSSR count). The summed E-state index contributed by atoms with van der Waals surface area (Å²) in [6.07, 6.45) is 0. The molecule has 0 heterocycles. The van der Waals surface area contributed by atoms with Crippen LogP contribution in [0.5, 0.6) is 0 Å². The summed E-state index contributed by atoms with van der Waals surface area (Å²) in [5.41, 5.74) is 0.371. The molecule has 0 aliphatic heterocycles. The summed E-state index contributed by atoms with van der Waals surface area (Å²) in [7, 11) is 0. The summed E-state index contributed by atoms with van der Waals surface area (Å²) in [5, 5.41) is 8.61. The molecule has 0 fully saturated rings. The van der Waals surface area contributed by atoms with Crippen LogP contribution in [-0.2, 0) is 0 Å². The van der Waals surface area contributed by atoms with Gasteiger partial charge in [-0.05, 0) is 0 Å². The normalized spacial score (nSPS) is 9.55. The molecule has 0 aliphatic carbocycles. The molecule has 4 heteroatoms. The second kappa shape index (κ2) is 3.93. The van der Waals surface area contributed by atoms with Gasteiger partial charge in [-0.3, -0.25) is 0 Å². The van der Waals surface area contributed by atoms with E-state index in [1.54, 1.807) is 18.2 Å². The molecule has 0 amide bonds. The first-order chi connectivity index (χ1) is 5.24. The monoisotopic (exact) mass is 282 g/mol. The number of carboxylic acids is 1. The van der Waals surface area contributed by atoms with Crippen LogP contribution in [0.4, 0.5) is 0 Å². The maximum absolute atomic E-state index is 10.5. The average Bonchev–Trinajstić information content (AvgIpc) is 2.05. The average molecular weight is 280 g/mol. The van der Waals surface area contributed by atoms with E-state index in [0.717, 1.165) is 4.46 Å². The van der Waals surface area contributed by atoms with Gasteiger partial charge in [0.2, 0.25) is 0 Å². The van der Waals surface area contributed by atoms with Crippen molar-refractivity contribution in [2.45, 2.75) is 0 Å². The number of benzene rings is 1. The molecule has 0 saturated carbocycles. The van der Waals surface area contributed by atoms with Crippen LogP contribution in [0.25, 0.3) is 0 Å². The zero-order valence-electron chi connectivity index (χ0n) is 5.52. The van der Waals surface area contributed by atoms with Crippen molar-refractivity contribution in [1.82, 2.24) is 0 Å². The number of hydrogen-bond acceptors (Lipinski definition) is 1. The van der Waals surface area contributed by atoms with E-state index in [0.29, 0.717) is 18.7 Å². The standard InChI is InChI=1S/C7H6O2Se2/c8-7(9)5-2-1-3-6(4-5)11-10/h1-4,10H,(H,8,9). The molecule has 58 valence electrons. The predicted molar refractivity (Wildman–Crippen MR) is 45.9 cm³/mol. The summed E-state index contributed by atoms with van der Waals surface area (Å²) in [6.45, 7) is 0. The van der Waals surface area contributed by atoms with E-state index in [-0.39, 0.29) is 0 Å². The third-order valence-electron chi connectivity index (χ3n) is 1.19. The van der Waals surface area contributed by atoms with Crippen LogP contribution in [0.2, 0.25) is 0 Å². The fourth-order valence-corrected chi connectivity index (χ4v) is 2.59. The SMILES string of the molecule is O=C(O)c1cccc([Se][SeH])c1. The first-order valence-electron chi connectivity index (χ1n) is 2.89. The Morgan fingerprint density at radius 1 is 1.55 bits per heavy atom. The number of rotatable bonds is 2. The van der Waals surface area contributed by atoms with E-state index in [4.69, 9.17) is 5.11 Å². The second-order valence-electron chi connectivity index (χ2n) is 1.92. The summed E-state index contributed by atoms with van der Waals surface area (Å²) in [6, 6.07) is 7.02. The van der Waals surface area contributed by atoms with Crippen molar-refractivity contribution in [1.29, 1.82) is 0 Å². The minimum atomic E-state index is -0.858. The molecule has 0 aliphatic rings. The Bertz CT molecular complexity index is 273. The van der Waals surface area contributed by atoms with Gasteiger partial charge >= 0.3 is 77.5 Å². The van der Waals surface area contributed by atoms with Crippen molar-refractivity contribution in [3.63, 3.8) is 0 Å². The Kier molecular flexibility index (Phi) is 3.15. The molecule has 1 aromatic rings. The van der Waals surface area contributed by atoms with Gasteiger partial charge in [0.1, 0.15) is 0 Å². The van der Waals surface area contributed by atoms with Gasteiger partial charge < -0.3 is 0 Å². The maximum atomic E-state index is 10.5. The molecule has 1 N–H and O–H groups in total. The van der Waals surface area contributed by atoms with Crippen LogP contribution in [0.1, 0.15) is 10.4 Å². The third kappa shape index (κ3) is 2.35. The molecule has 0 bridgehead atoms. The van der Waals surface area contributed by atoms with Crippen molar-refractivity contribution in [3.8, 4) is 0 Å². The van der Waals surface area contributed by atoms with Crippen molar-refractivity contribution >= 4 is 37.7 Å². The molecule has 0 saturated heterocycles. The van der Waals surface area contributed by atoms with E-state index >= 15 is 0 Å². The van der Waals surface area contributed by atoms with Gasteiger partial charge in [-0.25, -0.2) is 0 Å². The van der Waals surface area contributed by atoms with E-state index in [1.807, 2.05) is 6.07 Å². The van der Waals surface area contributed by atoms with Gasteiger partial charge in [-0.15, -0.1) is 0 Å². The molecule has 0 aromatic heterocycles. The molecule has 2 nitrogen and oxygen atoms in total. The van der Waals surface area contributed by atoms with E-state index < -0.39 is 5.97 Å². The van der Waals surface area contributed by atoms with E-state index in [1.165, 1.54) is 0 Å². The van der Waals surface area contributed by atoms with Crippen LogP contribution >= 0.6 is 0 Å². The van der Waals surface area contributed by atoms with Gasteiger partial charge in [0.25, 0.3) is 0 Å². The number of carboxylic acid groups (broad SMARTS) is 1. The van der Waals surface area contributed by atoms with Crippen LogP contribution in [0.3, 0.4) is 0 Å². The number of aromatic carboxylic acids is 1. The Hall–Kier alpha value is -0.271. The summed E-state index contributed by atoms with van der Waals surface area (Å²) in [4.78, 5) is 10.5. The van der Waals surface area contributed by atoms with Gasteiger partial charge in [0, 0.05) is 0 Å². The summed E-state index contributed by atoms with van der Waals surface area (Å²) >= 11 is 2.80. The molecule has 0 radical (unpaired) electrons. The Morgan fingerprint density at radius 3 is 2.82 bits per heavy atom. The van der Waals surface area contributed by atoms with Crippen LogP contribution < -0.4 is 4.46 Å². The first kappa shape index (κ1) is 8.82. The van der Waals surface area contributed by atoms with Crippen molar-refractivity contribution < 1.29 is 9.90 Å². The van der Waals surface area contributed by atoms with E-state index in [2.05, 4.69) is 14.2 Å². The van der Waals surface area contributed by atoms with Crippen molar-refractivity contribution in [2.24, 2.45) is 0 Å². The van der Waals surface area contributed by atoms with Gasteiger partial charge in [-0.1, -0.05) is 0 Å². The zero-order valence-corrected chi connectivity index (χ0v) is 9.11. The topological polar surface area (TPSA) is 37.3 Å². The van der Waals surface area contributed by atoms with Gasteiger partial charge in [-0.2, -0.15) is 0 Å². The molecule has 11 heavy (non-hydrogen) atoms. The Balaban J connectivity index is 3.01.